The van der Waals surface area contributed by atoms with Crippen molar-refractivity contribution < 1.29 is 19.2 Å². The molecule has 3 aromatic rings. The summed E-state index contributed by atoms with van der Waals surface area (Å²) in [6.07, 6.45) is 1.38. The summed E-state index contributed by atoms with van der Waals surface area (Å²) in [5.74, 6) is -0.00908. The number of carbonyl (C=O) groups excluding carboxylic acids is 1. The Morgan fingerprint density at radius 1 is 1.16 bits per heavy atom. The van der Waals surface area contributed by atoms with Crippen molar-refractivity contribution in [3.63, 3.8) is 0 Å². The zero-order valence-corrected chi connectivity index (χ0v) is 17.5. The number of benzene rings is 3. The number of nitro benzene ring substituents is 1. The maximum atomic E-state index is 12.7. The zero-order chi connectivity index (χ0) is 22.5. The molecule has 164 valence electrons. The van der Waals surface area contributed by atoms with Crippen molar-refractivity contribution in [1.29, 1.82) is 0 Å². The Bertz CT molecular complexity index is 1190. The molecule has 0 bridgehead atoms. The highest BCUT2D eigenvalue weighted by molar-refractivity contribution is 6.02. The van der Waals surface area contributed by atoms with Crippen molar-refractivity contribution in [2.75, 3.05) is 38.3 Å². The first-order chi connectivity index (χ1) is 15.6. The maximum absolute atomic E-state index is 12.7. The number of hydrogen-bond donors (Lipinski definition) is 1. The average Bonchev–Trinajstić information content (AvgIpc) is 2.83. The molecule has 0 spiro atoms. The van der Waals surface area contributed by atoms with Crippen LogP contribution in [0.3, 0.4) is 0 Å². The molecule has 0 radical (unpaired) electrons. The SMILES string of the molecule is COc1cc2ccccc2cc1C(=O)NN=Cc1ccc(N2CCOCC2)c([N+](=O)[O-])c1. The van der Waals surface area contributed by atoms with Crippen molar-refractivity contribution >= 4 is 34.3 Å². The summed E-state index contributed by atoms with van der Waals surface area (Å²) in [5, 5.41) is 17.4. The van der Waals surface area contributed by atoms with Crippen LogP contribution in [0, 0.1) is 10.1 Å². The van der Waals surface area contributed by atoms with E-state index in [2.05, 4.69) is 10.5 Å². The van der Waals surface area contributed by atoms with Crippen LogP contribution in [0.4, 0.5) is 11.4 Å². The van der Waals surface area contributed by atoms with Crippen LogP contribution in [0.5, 0.6) is 5.75 Å². The van der Waals surface area contributed by atoms with Gasteiger partial charge in [-0.1, -0.05) is 30.3 Å². The van der Waals surface area contributed by atoms with Crippen LogP contribution in [-0.2, 0) is 4.74 Å². The molecule has 1 aliphatic heterocycles. The van der Waals surface area contributed by atoms with E-state index < -0.39 is 10.8 Å². The second kappa shape index (κ2) is 9.44. The first kappa shape index (κ1) is 21.3. The monoisotopic (exact) mass is 434 g/mol. The van der Waals surface area contributed by atoms with E-state index in [4.69, 9.17) is 9.47 Å². The number of morpholine rings is 1. The molecule has 9 nitrogen and oxygen atoms in total. The lowest BCUT2D eigenvalue weighted by molar-refractivity contribution is -0.384. The fourth-order valence-corrected chi connectivity index (χ4v) is 3.63. The number of hydrogen-bond acceptors (Lipinski definition) is 7. The van der Waals surface area contributed by atoms with E-state index in [-0.39, 0.29) is 5.69 Å². The summed E-state index contributed by atoms with van der Waals surface area (Å²) in [7, 11) is 1.50. The lowest BCUT2D eigenvalue weighted by atomic mass is 10.1. The Balaban J connectivity index is 1.52. The Kier molecular flexibility index (Phi) is 6.27. The number of fused-ring (bicyclic) bond motifs is 1. The number of amides is 1. The highest BCUT2D eigenvalue weighted by Crippen LogP contribution is 2.29. The second-order valence-corrected chi connectivity index (χ2v) is 7.20. The van der Waals surface area contributed by atoms with Crippen LogP contribution in [0.1, 0.15) is 15.9 Å². The van der Waals surface area contributed by atoms with Crippen molar-refractivity contribution in [3.8, 4) is 5.75 Å². The van der Waals surface area contributed by atoms with Gasteiger partial charge in [0, 0.05) is 24.7 Å². The van der Waals surface area contributed by atoms with Gasteiger partial charge in [-0.15, -0.1) is 0 Å². The number of hydrazone groups is 1. The van der Waals surface area contributed by atoms with Gasteiger partial charge in [-0.2, -0.15) is 5.10 Å². The highest BCUT2D eigenvalue weighted by Gasteiger charge is 2.21. The third kappa shape index (κ3) is 4.52. The average molecular weight is 434 g/mol. The van der Waals surface area contributed by atoms with E-state index in [1.165, 1.54) is 19.4 Å². The lowest BCUT2D eigenvalue weighted by Crippen LogP contribution is -2.36. The minimum absolute atomic E-state index is 0.0154. The number of carbonyl (C=O) groups is 1. The molecule has 1 heterocycles. The minimum Gasteiger partial charge on any atom is -0.496 e. The topological polar surface area (TPSA) is 106 Å². The number of nitrogens with one attached hydrogen (secondary N) is 1. The number of anilines is 1. The van der Waals surface area contributed by atoms with E-state index in [0.717, 1.165) is 10.8 Å². The van der Waals surface area contributed by atoms with Crippen LogP contribution < -0.4 is 15.1 Å². The van der Waals surface area contributed by atoms with E-state index >= 15 is 0 Å². The first-order valence-corrected chi connectivity index (χ1v) is 10.1. The molecule has 0 unspecified atom stereocenters. The molecule has 1 aliphatic rings. The van der Waals surface area contributed by atoms with Gasteiger partial charge in [0.15, 0.2) is 0 Å². The quantitative estimate of drug-likeness (QED) is 0.362. The molecule has 1 saturated heterocycles. The van der Waals surface area contributed by atoms with E-state index in [9.17, 15) is 14.9 Å². The molecular weight excluding hydrogens is 412 g/mol. The lowest BCUT2D eigenvalue weighted by Gasteiger charge is -2.28. The Hall–Kier alpha value is -3.98. The molecule has 0 saturated carbocycles. The van der Waals surface area contributed by atoms with E-state index in [1.54, 1.807) is 24.3 Å². The molecular formula is C23H22N4O5. The summed E-state index contributed by atoms with van der Waals surface area (Å²) in [5.41, 5.74) is 3.84. The van der Waals surface area contributed by atoms with Gasteiger partial charge in [-0.05, 0) is 29.0 Å². The molecule has 4 rings (SSSR count). The molecule has 0 aliphatic carbocycles. The van der Waals surface area contributed by atoms with Crippen LogP contribution in [0.25, 0.3) is 10.8 Å². The zero-order valence-electron chi connectivity index (χ0n) is 17.5. The number of nitrogens with zero attached hydrogens (tertiary/aromatic N) is 3. The first-order valence-electron chi connectivity index (χ1n) is 10.1. The van der Waals surface area contributed by atoms with Gasteiger partial charge >= 0.3 is 0 Å². The Morgan fingerprint density at radius 3 is 2.56 bits per heavy atom. The Labute approximate surface area is 184 Å². The number of nitro groups is 1. The maximum Gasteiger partial charge on any atom is 0.293 e. The Morgan fingerprint density at radius 2 is 1.88 bits per heavy atom. The molecule has 9 heteroatoms. The van der Waals surface area contributed by atoms with Crippen molar-refractivity contribution in [1.82, 2.24) is 5.43 Å². The third-order valence-corrected chi connectivity index (χ3v) is 5.24. The predicted molar refractivity (Wildman–Crippen MR) is 122 cm³/mol. The van der Waals surface area contributed by atoms with Crippen LogP contribution in [0.2, 0.25) is 0 Å². The van der Waals surface area contributed by atoms with Gasteiger partial charge in [-0.25, -0.2) is 5.43 Å². The van der Waals surface area contributed by atoms with Gasteiger partial charge < -0.3 is 14.4 Å². The normalized spacial score (nSPS) is 14.0. The second-order valence-electron chi connectivity index (χ2n) is 7.20. The molecule has 32 heavy (non-hydrogen) atoms. The molecule has 3 aromatic carbocycles. The van der Waals surface area contributed by atoms with Crippen molar-refractivity contribution in [3.05, 3.63) is 75.8 Å². The number of methoxy groups -OCH3 is 1. The van der Waals surface area contributed by atoms with Gasteiger partial charge in [-0.3, -0.25) is 14.9 Å². The van der Waals surface area contributed by atoms with Crippen LogP contribution in [0.15, 0.2) is 59.7 Å². The molecule has 1 amide bonds. The highest BCUT2D eigenvalue weighted by atomic mass is 16.6. The predicted octanol–water partition coefficient (Wildman–Crippen LogP) is 3.36. The number of rotatable bonds is 6. The van der Waals surface area contributed by atoms with Gasteiger partial charge in [0.2, 0.25) is 0 Å². The molecule has 1 N–H and O–H groups in total. The molecule has 1 fully saturated rings. The third-order valence-electron chi connectivity index (χ3n) is 5.24. The van der Waals surface area contributed by atoms with E-state index in [0.29, 0.717) is 48.9 Å². The van der Waals surface area contributed by atoms with Gasteiger partial charge in [0.25, 0.3) is 11.6 Å². The fraction of sp³-hybridized carbons (Fsp3) is 0.217. The fourth-order valence-electron chi connectivity index (χ4n) is 3.63. The van der Waals surface area contributed by atoms with Crippen LogP contribution >= 0.6 is 0 Å². The summed E-state index contributed by atoms with van der Waals surface area (Å²) in [4.78, 5) is 25.8. The largest absolute Gasteiger partial charge is 0.496 e. The van der Waals surface area contributed by atoms with Crippen molar-refractivity contribution in [2.24, 2.45) is 5.10 Å². The van der Waals surface area contributed by atoms with Gasteiger partial charge in [0.05, 0.1) is 37.0 Å². The number of ether oxygens (including phenoxy) is 2. The minimum atomic E-state index is -0.441. The summed E-state index contributed by atoms with van der Waals surface area (Å²) >= 11 is 0. The van der Waals surface area contributed by atoms with E-state index in [1.807, 2.05) is 29.2 Å². The standard InChI is InChI=1S/C23H22N4O5/c1-31-22-14-18-5-3-2-4-17(18)13-19(22)23(28)25-24-15-16-6-7-20(21(12-16)27(29)30)26-8-10-32-11-9-26/h2-7,12-15H,8-11H2,1H3,(H,25,28). The molecule has 0 atom stereocenters. The summed E-state index contributed by atoms with van der Waals surface area (Å²) < 4.78 is 10.7. The summed E-state index contributed by atoms with van der Waals surface area (Å²) in [6.45, 7) is 2.26. The van der Waals surface area contributed by atoms with Crippen LogP contribution in [-0.4, -0.2) is 50.5 Å². The smallest absolute Gasteiger partial charge is 0.293 e. The van der Waals surface area contributed by atoms with Gasteiger partial charge in [0.1, 0.15) is 11.4 Å². The molecule has 0 aromatic heterocycles. The van der Waals surface area contributed by atoms with Crippen molar-refractivity contribution in [2.45, 2.75) is 0 Å². The summed E-state index contributed by atoms with van der Waals surface area (Å²) in [6, 6.07) is 16.0.